The van der Waals surface area contributed by atoms with Crippen molar-refractivity contribution < 1.29 is 38.7 Å². The number of hydrogen-bond acceptors (Lipinski definition) is 9. The molecule has 11 heteroatoms. The van der Waals surface area contributed by atoms with Gasteiger partial charge in [0.15, 0.2) is 11.5 Å². The first kappa shape index (κ1) is 27.7. The van der Waals surface area contributed by atoms with Gasteiger partial charge in [-0.15, -0.1) is 0 Å². The standard InChI is InChI=1S/C27H31BrN2O8/c1-35-20-13-16(14-21(36-2)26(20)37-3)23-22(24(32)18-15-17(28)5-6-19(18)31)25(33)27(34)30(23)8-4-7-29-9-11-38-12-10-29/h5-6,13-15,23,31-32H,4,7-12H2,1-3H3/t23-/m0/s1. The van der Waals surface area contributed by atoms with E-state index in [2.05, 4.69) is 20.8 Å². The summed E-state index contributed by atoms with van der Waals surface area (Å²) in [4.78, 5) is 30.4. The van der Waals surface area contributed by atoms with Crippen molar-refractivity contribution in [3.63, 3.8) is 0 Å². The van der Waals surface area contributed by atoms with Gasteiger partial charge >= 0.3 is 0 Å². The fourth-order valence-electron chi connectivity index (χ4n) is 4.85. The first-order valence-electron chi connectivity index (χ1n) is 12.2. The summed E-state index contributed by atoms with van der Waals surface area (Å²) >= 11 is 3.33. The number of nitrogens with zero attached hydrogens (tertiary/aromatic N) is 2. The number of hydrogen-bond donors (Lipinski definition) is 2. The number of rotatable bonds is 9. The number of ketones is 1. The Labute approximate surface area is 229 Å². The highest BCUT2D eigenvalue weighted by Gasteiger charge is 2.46. The number of carbonyl (C=O) groups excluding carboxylic acids is 2. The molecule has 0 spiro atoms. The van der Waals surface area contributed by atoms with Crippen LogP contribution >= 0.6 is 15.9 Å². The zero-order valence-electron chi connectivity index (χ0n) is 21.5. The van der Waals surface area contributed by atoms with Crippen molar-refractivity contribution in [2.24, 2.45) is 0 Å². The summed E-state index contributed by atoms with van der Waals surface area (Å²) in [7, 11) is 4.42. The number of aliphatic hydroxyl groups excluding tert-OH is 1. The number of morpholine rings is 1. The first-order chi connectivity index (χ1) is 18.3. The first-order valence-corrected chi connectivity index (χ1v) is 13.0. The van der Waals surface area contributed by atoms with E-state index in [1.807, 2.05) is 0 Å². The highest BCUT2D eigenvalue weighted by Crippen LogP contribution is 2.46. The summed E-state index contributed by atoms with van der Waals surface area (Å²) in [6.07, 6.45) is 0.607. The van der Waals surface area contributed by atoms with Gasteiger partial charge in [-0.25, -0.2) is 0 Å². The monoisotopic (exact) mass is 590 g/mol. The molecule has 1 amide bonds. The van der Waals surface area contributed by atoms with Crippen molar-refractivity contribution in [2.45, 2.75) is 12.5 Å². The molecule has 1 atom stereocenters. The molecule has 2 heterocycles. The molecule has 0 aliphatic carbocycles. The van der Waals surface area contributed by atoms with E-state index in [9.17, 15) is 19.8 Å². The maximum Gasteiger partial charge on any atom is 0.295 e. The molecular weight excluding hydrogens is 560 g/mol. The van der Waals surface area contributed by atoms with E-state index in [0.717, 1.165) is 19.6 Å². The Morgan fingerprint density at radius 1 is 1.03 bits per heavy atom. The van der Waals surface area contributed by atoms with Crippen LogP contribution in [-0.4, -0.2) is 92.4 Å². The number of carbonyl (C=O) groups is 2. The normalized spacial score (nSPS) is 19.6. The third-order valence-corrected chi connectivity index (χ3v) is 7.23. The van der Waals surface area contributed by atoms with Crippen LogP contribution in [0.2, 0.25) is 0 Å². The highest BCUT2D eigenvalue weighted by atomic mass is 79.9. The quantitative estimate of drug-likeness (QED) is 0.257. The van der Waals surface area contributed by atoms with Gasteiger partial charge in [-0.2, -0.15) is 0 Å². The third-order valence-electron chi connectivity index (χ3n) is 6.73. The lowest BCUT2D eigenvalue weighted by Crippen LogP contribution is -2.39. The van der Waals surface area contributed by atoms with Crippen molar-refractivity contribution >= 4 is 33.4 Å². The zero-order chi connectivity index (χ0) is 27.4. The van der Waals surface area contributed by atoms with Crippen LogP contribution < -0.4 is 14.2 Å². The summed E-state index contributed by atoms with van der Waals surface area (Å²) in [5.74, 6) is -1.25. The van der Waals surface area contributed by atoms with E-state index in [-0.39, 0.29) is 23.4 Å². The van der Waals surface area contributed by atoms with Crippen LogP contribution in [-0.2, 0) is 14.3 Å². The molecule has 0 saturated carbocycles. The zero-order valence-corrected chi connectivity index (χ0v) is 23.1. The number of ether oxygens (including phenoxy) is 4. The van der Waals surface area contributed by atoms with E-state index in [1.165, 1.54) is 38.4 Å². The van der Waals surface area contributed by atoms with Crippen molar-refractivity contribution in [1.82, 2.24) is 9.80 Å². The second-order valence-electron chi connectivity index (χ2n) is 8.92. The van der Waals surface area contributed by atoms with Gasteiger partial charge in [-0.3, -0.25) is 14.5 Å². The number of phenols is 1. The number of benzene rings is 2. The van der Waals surface area contributed by atoms with Crippen LogP contribution in [0, 0.1) is 0 Å². The van der Waals surface area contributed by atoms with Gasteiger partial charge in [-0.05, 0) is 42.3 Å². The van der Waals surface area contributed by atoms with E-state index in [1.54, 1.807) is 18.2 Å². The van der Waals surface area contributed by atoms with E-state index in [0.29, 0.717) is 46.9 Å². The fourth-order valence-corrected chi connectivity index (χ4v) is 5.21. The molecule has 2 aliphatic rings. The minimum absolute atomic E-state index is 0.0307. The van der Waals surface area contributed by atoms with Crippen molar-refractivity contribution in [3.05, 3.63) is 51.5 Å². The van der Waals surface area contributed by atoms with Crippen LogP contribution in [0.5, 0.6) is 23.0 Å². The maximum absolute atomic E-state index is 13.4. The lowest BCUT2D eigenvalue weighted by molar-refractivity contribution is -0.140. The summed E-state index contributed by atoms with van der Waals surface area (Å²) in [6.45, 7) is 3.91. The number of aromatic hydroxyl groups is 1. The number of methoxy groups -OCH3 is 3. The Morgan fingerprint density at radius 3 is 2.29 bits per heavy atom. The lowest BCUT2D eigenvalue weighted by atomic mass is 9.94. The molecule has 10 nitrogen and oxygen atoms in total. The number of amides is 1. The average molecular weight is 591 g/mol. The molecule has 204 valence electrons. The predicted octanol–water partition coefficient (Wildman–Crippen LogP) is 3.32. The van der Waals surface area contributed by atoms with Gasteiger partial charge in [0.2, 0.25) is 5.75 Å². The minimum atomic E-state index is -0.952. The Bertz CT molecular complexity index is 1220. The summed E-state index contributed by atoms with van der Waals surface area (Å²) in [5.41, 5.74) is 0.383. The van der Waals surface area contributed by atoms with Gasteiger partial charge in [-0.1, -0.05) is 15.9 Å². The van der Waals surface area contributed by atoms with Gasteiger partial charge in [0.05, 0.1) is 51.7 Å². The SMILES string of the molecule is COc1cc([C@H]2C(=C(O)c3cc(Br)ccc3O)C(=O)C(=O)N2CCCN2CCOCC2)cc(OC)c1OC. The third kappa shape index (κ3) is 5.45. The second-order valence-corrected chi connectivity index (χ2v) is 9.84. The molecule has 0 unspecified atom stereocenters. The lowest BCUT2D eigenvalue weighted by Gasteiger charge is -2.29. The Balaban J connectivity index is 1.81. The van der Waals surface area contributed by atoms with Crippen LogP contribution in [0.1, 0.15) is 23.6 Å². The molecule has 0 radical (unpaired) electrons. The van der Waals surface area contributed by atoms with Crippen LogP contribution in [0.15, 0.2) is 40.4 Å². The largest absolute Gasteiger partial charge is 0.507 e. The van der Waals surface area contributed by atoms with Crippen LogP contribution in [0.3, 0.4) is 0 Å². The van der Waals surface area contributed by atoms with Crippen molar-refractivity contribution in [2.75, 3.05) is 60.7 Å². The number of Topliss-reactive ketones (excluding diaryl/α,β-unsaturated/α-hetero) is 1. The van der Waals surface area contributed by atoms with E-state index >= 15 is 0 Å². The van der Waals surface area contributed by atoms with Gasteiger partial charge < -0.3 is 34.1 Å². The number of likely N-dealkylation sites (tertiary alicyclic amines) is 1. The van der Waals surface area contributed by atoms with E-state index in [4.69, 9.17) is 18.9 Å². The smallest absolute Gasteiger partial charge is 0.295 e. The summed E-state index contributed by atoms with van der Waals surface area (Å²) in [6, 6.07) is 6.84. The number of aliphatic hydroxyl groups is 1. The second kappa shape index (κ2) is 12.1. The Hall–Kier alpha value is -3.28. The van der Waals surface area contributed by atoms with Gasteiger partial charge in [0.1, 0.15) is 11.5 Å². The van der Waals surface area contributed by atoms with Crippen molar-refractivity contribution in [1.29, 1.82) is 0 Å². The topological polar surface area (TPSA) is 118 Å². The number of phenolic OH excluding ortho intramolecular Hbond substituents is 1. The minimum Gasteiger partial charge on any atom is -0.507 e. The van der Waals surface area contributed by atoms with Crippen LogP contribution in [0.25, 0.3) is 5.76 Å². The molecule has 2 aliphatic heterocycles. The molecule has 38 heavy (non-hydrogen) atoms. The fraction of sp³-hybridized carbons (Fsp3) is 0.407. The summed E-state index contributed by atoms with van der Waals surface area (Å²) in [5, 5.41) is 21.8. The van der Waals surface area contributed by atoms with Gasteiger partial charge in [0, 0.05) is 30.7 Å². The Kier molecular flexibility index (Phi) is 8.80. The molecular formula is C27H31BrN2O8. The van der Waals surface area contributed by atoms with Crippen molar-refractivity contribution in [3.8, 4) is 23.0 Å². The molecule has 2 N–H and O–H groups in total. The number of halogens is 1. The van der Waals surface area contributed by atoms with Gasteiger partial charge in [0.25, 0.3) is 11.7 Å². The maximum atomic E-state index is 13.4. The van der Waals surface area contributed by atoms with E-state index < -0.39 is 23.5 Å². The molecule has 4 rings (SSSR count). The Morgan fingerprint density at radius 2 is 1.68 bits per heavy atom. The molecule has 2 aromatic carbocycles. The highest BCUT2D eigenvalue weighted by molar-refractivity contribution is 9.10. The summed E-state index contributed by atoms with van der Waals surface area (Å²) < 4.78 is 22.4. The molecule has 2 aromatic rings. The van der Waals surface area contributed by atoms with Crippen LogP contribution in [0.4, 0.5) is 0 Å². The average Bonchev–Trinajstić information content (AvgIpc) is 3.18. The molecule has 0 aromatic heterocycles. The molecule has 0 bridgehead atoms. The molecule has 2 saturated heterocycles. The molecule has 2 fully saturated rings. The predicted molar refractivity (Wildman–Crippen MR) is 143 cm³/mol.